The third-order valence-electron chi connectivity index (χ3n) is 12.4. The maximum absolute atomic E-state index is 2.55. The van der Waals surface area contributed by atoms with E-state index in [0.29, 0.717) is 11.8 Å². The molecule has 0 amide bonds. The zero-order valence-corrected chi connectivity index (χ0v) is 36.3. The Balaban J connectivity index is 1.73. The van der Waals surface area contributed by atoms with E-state index in [-0.39, 0.29) is 21.7 Å². The molecule has 4 aromatic rings. The average molecular weight is 703 g/mol. The van der Waals surface area contributed by atoms with E-state index in [1.807, 2.05) is 0 Å². The SMILES string of the molecule is Cc1cc(C)c(CP(Cc2c(C)cc(C)cc2C)c2ccc(C(CC(C)(C)C(C)(C)C(CC(C)(C)C)c3ccccc3)C(C)(C)C)cc2)c(C)c1. The monoisotopic (exact) mass is 703 g/mol. The molecule has 276 valence electrons. The summed E-state index contributed by atoms with van der Waals surface area (Å²) in [4.78, 5) is 0. The van der Waals surface area contributed by atoms with Crippen molar-refractivity contribution in [2.24, 2.45) is 21.7 Å². The van der Waals surface area contributed by atoms with Gasteiger partial charge in [0.2, 0.25) is 0 Å². The Morgan fingerprint density at radius 1 is 0.490 bits per heavy atom. The van der Waals surface area contributed by atoms with Crippen LogP contribution in [0.1, 0.15) is 150 Å². The quantitative estimate of drug-likeness (QED) is 0.129. The lowest BCUT2D eigenvalue weighted by atomic mass is 9.53. The van der Waals surface area contributed by atoms with Crippen molar-refractivity contribution in [2.45, 2.75) is 148 Å². The highest BCUT2D eigenvalue weighted by Crippen LogP contribution is 2.58. The van der Waals surface area contributed by atoms with Gasteiger partial charge in [0.15, 0.2) is 0 Å². The fourth-order valence-corrected chi connectivity index (χ4v) is 11.5. The van der Waals surface area contributed by atoms with Gasteiger partial charge in [-0.2, -0.15) is 0 Å². The number of hydrogen-bond donors (Lipinski definition) is 0. The van der Waals surface area contributed by atoms with Crippen molar-refractivity contribution in [3.05, 3.63) is 134 Å². The van der Waals surface area contributed by atoms with Crippen LogP contribution in [0.3, 0.4) is 0 Å². The van der Waals surface area contributed by atoms with Crippen LogP contribution in [0, 0.1) is 63.2 Å². The van der Waals surface area contributed by atoms with Crippen LogP contribution < -0.4 is 5.30 Å². The van der Waals surface area contributed by atoms with E-state index in [4.69, 9.17) is 0 Å². The van der Waals surface area contributed by atoms with Crippen molar-refractivity contribution < 1.29 is 0 Å². The van der Waals surface area contributed by atoms with Crippen LogP contribution in [0.4, 0.5) is 0 Å². The molecule has 0 nitrogen and oxygen atoms in total. The second-order valence-corrected chi connectivity index (χ2v) is 21.9. The molecule has 0 saturated heterocycles. The first kappa shape index (κ1) is 41.1. The molecule has 0 radical (unpaired) electrons. The minimum absolute atomic E-state index is 0.0902. The van der Waals surface area contributed by atoms with Crippen LogP contribution in [0.2, 0.25) is 0 Å². The van der Waals surface area contributed by atoms with Gasteiger partial charge < -0.3 is 0 Å². The molecule has 1 heteroatoms. The summed E-state index contributed by atoms with van der Waals surface area (Å²) in [7, 11) is -0.445. The third-order valence-corrected chi connectivity index (χ3v) is 14.9. The molecule has 0 N–H and O–H groups in total. The van der Waals surface area contributed by atoms with Crippen molar-refractivity contribution in [1.82, 2.24) is 0 Å². The Morgan fingerprint density at radius 2 is 0.902 bits per heavy atom. The molecular formula is C50H71P. The van der Waals surface area contributed by atoms with Gasteiger partial charge in [-0.05, 0) is 150 Å². The fraction of sp³-hybridized carbons (Fsp3) is 0.520. The number of hydrogen-bond acceptors (Lipinski definition) is 0. The van der Waals surface area contributed by atoms with Crippen molar-refractivity contribution >= 4 is 13.2 Å². The zero-order valence-electron chi connectivity index (χ0n) is 35.4. The Bertz CT molecular complexity index is 1650. The summed E-state index contributed by atoms with van der Waals surface area (Å²) in [5.41, 5.74) is 15.1. The van der Waals surface area contributed by atoms with Crippen molar-refractivity contribution in [2.75, 3.05) is 0 Å². The van der Waals surface area contributed by atoms with Gasteiger partial charge in [0.05, 0.1) is 0 Å². The molecular weight excluding hydrogens is 632 g/mol. The molecule has 0 fully saturated rings. The van der Waals surface area contributed by atoms with Gasteiger partial charge in [-0.3, -0.25) is 0 Å². The van der Waals surface area contributed by atoms with Gasteiger partial charge in [-0.25, -0.2) is 0 Å². The molecule has 0 saturated carbocycles. The second kappa shape index (κ2) is 15.7. The van der Waals surface area contributed by atoms with E-state index in [9.17, 15) is 0 Å². The van der Waals surface area contributed by atoms with E-state index in [2.05, 4.69) is 190 Å². The number of rotatable bonds is 12. The molecule has 0 aliphatic heterocycles. The lowest BCUT2D eigenvalue weighted by molar-refractivity contribution is 0.0305. The highest BCUT2D eigenvalue weighted by Gasteiger charge is 2.47. The summed E-state index contributed by atoms with van der Waals surface area (Å²) in [6.07, 6.45) is 4.57. The Kier molecular flexibility index (Phi) is 12.7. The summed E-state index contributed by atoms with van der Waals surface area (Å²) < 4.78 is 0. The number of aryl methyl sites for hydroxylation is 6. The highest BCUT2D eigenvalue weighted by molar-refractivity contribution is 7.64. The first-order valence-corrected chi connectivity index (χ1v) is 21.2. The molecule has 0 aliphatic rings. The maximum Gasteiger partial charge on any atom is -0.00245 e. The van der Waals surface area contributed by atoms with Gasteiger partial charge in [-0.15, -0.1) is 0 Å². The summed E-state index contributed by atoms with van der Waals surface area (Å²) in [5.74, 6) is 0.920. The molecule has 4 aromatic carbocycles. The van der Waals surface area contributed by atoms with Crippen LogP contribution in [-0.4, -0.2) is 0 Å². The maximum atomic E-state index is 2.55. The van der Waals surface area contributed by atoms with Crippen molar-refractivity contribution in [1.29, 1.82) is 0 Å². The van der Waals surface area contributed by atoms with Crippen molar-refractivity contribution in [3.63, 3.8) is 0 Å². The van der Waals surface area contributed by atoms with E-state index in [0.717, 1.165) is 18.7 Å². The van der Waals surface area contributed by atoms with Gasteiger partial charge in [-0.1, -0.05) is 167 Å². The zero-order chi connectivity index (χ0) is 38.1. The first-order chi connectivity index (χ1) is 23.5. The van der Waals surface area contributed by atoms with Crippen LogP contribution in [0.25, 0.3) is 0 Å². The Labute approximate surface area is 316 Å². The Hall–Kier alpha value is -2.69. The highest BCUT2D eigenvalue weighted by atomic mass is 31.1. The van der Waals surface area contributed by atoms with Crippen LogP contribution in [-0.2, 0) is 12.3 Å². The largest absolute Gasteiger partial charge is 0.0663 e. The van der Waals surface area contributed by atoms with E-state index < -0.39 is 7.92 Å². The summed E-state index contributed by atoms with van der Waals surface area (Å²) in [6, 6.07) is 30.9. The molecule has 2 unspecified atom stereocenters. The van der Waals surface area contributed by atoms with Gasteiger partial charge in [0.1, 0.15) is 0 Å². The molecule has 4 rings (SSSR count). The summed E-state index contributed by atoms with van der Waals surface area (Å²) in [6.45, 7) is 38.5. The molecule has 2 atom stereocenters. The lowest BCUT2D eigenvalue weighted by Gasteiger charge is -2.51. The van der Waals surface area contributed by atoms with Crippen LogP contribution in [0.5, 0.6) is 0 Å². The minimum atomic E-state index is -0.445. The molecule has 0 aliphatic carbocycles. The predicted octanol–water partition coefficient (Wildman–Crippen LogP) is 14.8. The lowest BCUT2D eigenvalue weighted by Crippen LogP contribution is -2.41. The number of benzene rings is 4. The van der Waals surface area contributed by atoms with Gasteiger partial charge in [0.25, 0.3) is 0 Å². The molecule has 0 bridgehead atoms. The molecule has 0 aromatic heterocycles. The summed E-state index contributed by atoms with van der Waals surface area (Å²) >= 11 is 0. The van der Waals surface area contributed by atoms with Crippen LogP contribution in [0.15, 0.2) is 78.9 Å². The first-order valence-electron chi connectivity index (χ1n) is 19.5. The van der Waals surface area contributed by atoms with E-state index >= 15 is 0 Å². The average Bonchev–Trinajstić information content (AvgIpc) is 3.00. The topological polar surface area (TPSA) is 0 Å². The molecule has 0 spiro atoms. The summed E-state index contributed by atoms with van der Waals surface area (Å²) in [5, 5.41) is 1.52. The Morgan fingerprint density at radius 3 is 1.29 bits per heavy atom. The normalized spacial score (nSPS) is 14.2. The minimum Gasteiger partial charge on any atom is -0.0663 e. The third kappa shape index (κ3) is 10.0. The van der Waals surface area contributed by atoms with Crippen molar-refractivity contribution in [3.8, 4) is 0 Å². The van der Waals surface area contributed by atoms with Gasteiger partial charge in [0, 0.05) is 0 Å². The smallest absolute Gasteiger partial charge is 0.00245 e. The fourth-order valence-electron chi connectivity index (χ4n) is 8.71. The second-order valence-electron chi connectivity index (χ2n) is 19.7. The van der Waals surface area contributed by atoms with E-state index in [1.165, 1.54) is 67.4 Å². The van der Waals surface area contributed by atoms with E-state index in [1.54, 1.807) is 0 Å². The standard InChI is InChI=1S/C50H71P/c1-34-26-36(3)43(37(4)27-34)32-51(33-44-38(5)28-35(2)29-39(44)6)42-24-22-41(23-25-42)45(48(10,11)12)31-49(13,14)50(15,16)46(30-47(7,8)9)40-20-18-17-19-21-40/h17-29,45-46H,30-33H2,1-16H3. The predicted molar refractivity (Wildman–Crippen MR) is 229 cm³/mol. The molecule has 0 heterocycles. The molecule has 51 heavy (non-hydrogen) atoms. The van der Waals surface area contributed by atoms with Gasteiger partial charge >= 0.3 is 0 Å². The van der Waals surface area contributed by atoms with Crippen LogP contribution >= 0.6 is 7.92 Å².